The molecule has 0 rings (SSSR count). The summed E-state index contributed by atoms with van der Waals surface area (Å²) in [5.41, 5.74) is 0. The zero-order valence-electron chi connectivity index (χ0n) is 13.5. The van der Waals surface area contributed by atoms with Gasteiger partial charge in [0.05, 0.1) is 33.0 Å². The predicted molar refractivity (Wildman–Crippen MR) is 79.7 cm³/mol. The lowest BCUT2D eigenvalue weighted by Gasteiger charge is -2.20. The molecule has 0 aliphatic carbocycles. The van der Waals surface area contributed by atoms with Crippen LogP contribution in [0.2, 0.25) is 0 Å². The molecule has 116 valence electrons. The summed E-state index contributed by atoms with van der Waals surface area (Å²) in [6, 6.07) is 0.572. The third-order valence-electron chi connectivity index (χ3n) is 3.05. The van der Waals surface area contributed by atoms with Crippen LogP contribution in [0.3, 0.4) is 0 Å². The number of rotatable bonds is 13. The van der Waals surface area contributed by atoms with E-state index >= 15 is 0 Å². The number of hydrogen-bond donors (Lipinski definition) is 0. The predicted octanol–water partition coefficient (Wildman–Crippen LogP) is 2.42. The molecule has 4 nitrogen and oxygen atoms in total. The van der Waals surface area contributed by atoms with Gasteiger partial charge in [-0.05, 0) is 33.2 Å². The molecule has 0 unspecified atom stereocenters. The number of likely N-dealkylation sites (N-methyl/N-ethyl adjacent to an activating group) is 1. The second-order valence-corrected chi connectivity index (χ2v) is 5.59. The van der Waals surface area contributed by atoms with Gasteiger partial charge in [-0.2, -0.15) is 0 Å². The lowest BCUT2D eigenvalue weighted by atomic mass is 10.1. The lowest BCUT2D eigenvalue weighted by molar-refractivity contribution is 0.00902. The molecule has 0 atom stereocenters. The van der Waals surface area contributed by atoms with Crippen LogP contribution in [0.4, 0.5) is 0 Å². The Kier molecular flexibility index (Phi) is 12.7. The van der Waals surface area contributed by atoms with Gasteiger partial charge in [0.1, 0.15) is 0 Å². The van der Waals surface area contributed by atoms with E-state index in [4.69, 9.17) is 14.2 Å². The summed E-state index contributed by atoms with van der Waals surface area (Å²) in [6.07, 6.45) is 1.12. The highest BCUT2D eigenvalue weighted by molar-refractivity contribution is 4.55. The molecule has 4 heteroatoms. The van der Waals surface area contributed by atoms with Crippen LogP contribution in [0, 0.1) is 5.92 Å². The van der Waals surface area contributed by atoms with Crippen molar-refractivity contribution in [2.75, 3.05) is 53.2 Å². The highest BCUT2D eigenvalue weighted by Gasteiger charge is 2.01. The number of hydrogen-bond acceptors (Lipinski definition) is 4. The van der Waals surface area contributed by atoms with Crippen LogP contribution >= 0.6 is 0 Å². The van der Waals surface area contributed by atoms with Gasteiger partial charge in [-0.25, -0.2) is 0 Å². The summed E-state index contributed by atoms with van der Waals surface area (Å²) < 4.78 is 16.4. The van der Waals surface area contributed by atoms with Crippen LogP contribution in [-0.2, 0) is 14.2 Å². The first-order chi connectivity index (χ1) is 9.04. The van der Waals surface area contributed by atoms with Gasteiger partial charge < -0.3 is 19.1 Å². The molecule has 0 radical (unpaired) electrons. The fraction of sp³-hybridized carbons (Fsp3) is 1.00. The Hall–Kier alpha value is -0.160. The Labute approximate surface area is 119 Å². The quantitative estimate of drug-likeness (QED) is 0.483. The molecule has 0 amide bonds. The fourth-order valence-corrected chi connectivity index (χ4v) is 1.33. The SMILES string of the molecule is CC(C)CCOCCOCCOCCN(C)C(C)C. The largest absolute Gasteiger partial charge is 0.379 e. The normalized spacial score (nSPS) is 12.0. The number of nitrogens with zero attached hydrogens (tertiary/aromatic N) is 1. The van der Waals surface area contributed by atoms with Crippen LogP contribution in [0.1, 0.15) is 34.1 Å². The minimum Gasteiger partial charge on any atom is -0.379 e. The Bertz CT molecular complexity index is 186. The maximum Gasteiger partial charge on any atom is 0.0701 e. The van der Waals surface area contributed by atoms with Gasteiger partial charge in [0.2, 0.25) is 0 Å². The molecule has 0 saturated carbocycles. The van der Waals surface area contributed by atoms with Crippen molar-refractivity contribution >= 4 is 0 Å². The maximum absolute atomic E-state index is 5.51. The highest BCUT2D eigenvalue weighted by atomic mass is 16.5. The van der Waals surface area contributed by atoms with Crippen molar-refractivity contribution in [2.45, 2.75) is 40.2 Å². The summed E-state index contributed by atoms with van der Waals surface area (Å²) in [5, 5.41) is 0. The molecule has 0 aromatic carbocycles. The molecule has 0 aliphatic heterocycles. The average Bonchev–Trinajstić information content (AvgIpc) is 2.35. The van der Waals surface area contributed by atoms with E-state index in [1.807, 2.05) is 0 Å². The van der Waals surface area contributed by atoms with E-state index in [0.29, 0.717) is 38.4 Å². The molecule has 0 heterocycles. The molecule has 0 aromatic rings. The van der Waals surface area contributed by atoms with Crippen molar-refractivity contribution in [3.05, 3.63) is 0 Å². The number of ether oxygens (including phenoxy) is 3. The zero-order chi connectivity index (χ0) is 14.5. The van der Waals surface area contributed by atoms with Crippen molar-refractivity contribution in [1.82, 2.24) is 4.90 Å². The van der Waals surface area contributed by atoms with E-state index in [1.165, 1.54) is 0 Å². The van der Waals surface area contributed by atoms with Crippen LogP contribution in [0.5, 0.6) is 0 Å². The smallest absolute Gasteiger partial charge is 0.0701 e. The first-order valence-electron chi connectivity index (χ1n) is 7.47. The van der Waals surface area contributed by atoms with Gasteiger partial charge >= 0.3 is 0 Å². The molecular formula is C15H33NO3. The van der Waals surface area contributed by atoms with Gasteiger partial charge in [-0.15, -0.1) is 0 Å². The second-order valence-electron chi connectivity index (χ2n) is 5.59. The molecule has 0 bridgehead atoms. The van der Waals surface area contributed by atoms with Crippen LogP contribution < -0.4 is 0 Å². The second kappa shape index (κ2) is 12.9. The zero-order valence-corrected chi connectivity index (χ0v) is 13.5. The summed E-state index contributed by atoms with van der Waals surface area (Å²) in [6.45, 7) is 14.0. The van der Waals surface area contributed by atoms with E-state index in [9.17, 15) is 0 Å². The fourth-order valence-electron chi connectivity index (χ4n) is 1.33. The van der Waals surface area contributed by atoms with E-state index < -0.39 is 0 Å². The van der Waals surface area contributed by atoms with E-state index in [-0.39, 0.29) is 0 Å². The summed E-state index contributed by atoms with van der Waals surface area (Å²) in [5.74, 6) is 0.707. The monoisotopic (exact) mass is 275 g/mol. The molecule has 19 heavy (non-hydrogen) atoms. The van der Waals surface area contributed by atoms with Gasteiger partial charge in [0, 0.05) is 19.2 Å². The van der Waals surface area contributed by atoms with Gasteiger partial charge in [0.25, 0.3) is 0 Å². The minimum absolute atomic E-state index is 0.572. The topological polar surface area (TPSA) is 30.9 Å². The molecule has 0 N–H and O–H groups in total. The van der Waals surface area contributed by atoms with Crippen molar-refractivity contribution in [3.8, 4) is 0 Å². The summed E-state index contributed by atoms with van der Waals surface area (Å²) in [4.78, 5) is 2.27. The summed E-state index contributed by atoms with van der Waals surface area (Å²) in [7, 11) is 2.11. The molecular weight excluding hydrogens is 242 g/mol. The van der Waals surface area contributed by atoms with Crippen LogP contribution in [0.25, 0.3) is 0 Å². The Morgan fingerprint density at radius 2 is 1.21 bits per heavy atom. The third-order valence-corrected chi connectivity index (χ3v) is 3.05. The molecule has 0 spiro atoms. The highest BCUT2D eigenvalue weighted by Crippen LogP contribution is 1.98. The average molecular weight is 275 g/mol. The van der Waals surface area contributed by atoms with E-state index in [1.54, 1.807) is 0 Å². The third kappa shape index (κ3) is 14.1. The lowest BCUT2D eigenvalue weighted by Crippen LogP contribution is -2.30. The molecule has 0 aliphatic rings. The van der Waals surface area contributed by atoms with Crippen LogP contribution in [0.15, 0.2) is 0 Å². The van der Waals surface area contributed by atoms with Crippen molar-refractivity contribution in [2.24, 2.45) is 5.92 Å². The Morgan fingerprint density at radius 3 is 1.68 bits per heavy atom. The van der Waals surface area contributed by atoms with E-state index in [2.05, 4.69) is 39.6 Å². The first-order valence-corrected chi connectivity index (χ1v) is 7.47. The molecule has 0 aromatic heterocycles. The first kappa shape index (κ1) is 18.8. The van der Waals surface area contributed by atoms with Gasteiger partial charge in [-0.1, -0.05) is 13.8 Å². The Balaban J connectivity index is 3.07. The molecule has 0 fully saturated rings. The maximum atomic E-state index is 5.51. The summed E-state index contributed by atoms with van der Waals surface area (Å²) >= 11 is 0. The molecule has 0 saturated heterocycles. The van der Waals surface area contributed by atoms with Crippen molar-refractivity contribution < 1.29 is 14.2 Å². The van der Waals surface area contributed by atoms with Gasteiger partial charge in [-0.3, -0.25) is 0 Å². The van der Waals surface area contributed by atoms with E-state index in [0.717, 1.165) is 26.2 Å². The van der Waals surface area contributed by atoms with Crippen molar-refractivity contribution in [3.63, 3.8) is 0 Å². The Morgan fingerprint density at radius 1 is 0.737 bits per heavy atom. The van der Waals surface area contributed by atoms with Gasteiger partial charge in [0.15, 0.2) is 0 Å². The van der Waals surface area contributed by atoms with Crippen molar-refractivity contribution in [1.29, 1.82) is 0 Å². The minimum atomic E-state index is 0.572. The standard InChI is InChI=1S/C15H33NO3/c1-14(2)6-8-17-10-12-19-13-11-18-9-7-16(5)15(3)4/h14-15H,6-13H2,1-5H3. The van der Waals surface area contributed by atoms with Crippen LogP contribution in [-0.4, -0.2) is 64.2 Å².